The molecule has 0 fully saturated rings. The number of nitrogens with zero attached hydrogens (tertiary/aromatic N) is 5. The number of rotatable bonds is 8. The van der Waals surface area contributed by atoms with Crippen LogP contribution in [0.1, 0.15) is 16.7 Å². The molecule has 0 atom stereocenters. The molecule has 0 unspecified atom stereocenters. The van der Waals surface area contributed by atoms with E-state index in [-0.39, 0.29) is 0 Å². The molecule has 7 heteroatoms. The predicted molar refractivity (Wildman–Crippen MR) is 118 cm³/mol. The maximum atomic E-state index is 5.17. The van der Waals surface area contributed by atoms with Crippen molar-refractivity contribution in [3.63, 3.8) is 0 Å². The molecule has 3 rings (SSSR count). The number of hydrazone groups is 1. The summed E-state index contributed by atoms with van der Waals surface area (Å²) < 4.78 is 5.17. The minimum atomic E-state index is 0.590. The molecule has 0 amide bonds. The number of anilines is 2. The molecule has 0 aliphatic heterocycles. The zero-order chi connectivity index (χ0) is 20.6. The van der Waals surface area contributed by atoms with Crippen molar-refractivity contribution in [2.24, 2.45) is 5.10 Å². The van der Waals surface area contributed by atoms with E-state index in [0.29, 0.717) is 24.9 Å². The number of benzene rings is 1. The summed E-state index contributed by atoms with van der Waals surface area (Å²) in [6.45, 7) is 5.46. The lowest BCUT2D eigenvalue weighted by Gasteiger charge is -2.18. The Morgan fingerprint density at radius 1 is 1.07 bits per heavy atom. The average molecular weight is 390 g/mol. The van der Waals surface area contributed by atoms with Crippen molar-refractivity contribution >= 4 is 18.0 Å². The molecule has 29 heavy (non-hydrogen) atoms. The van der Waals surface area contributed by atoms with Gasteiger partial charge in [-0.25, -0.2) is 4.98 Å². The molecule has 0 saturated heterocycles. The van der Waals surface area contributed by atoms with Gasteiger partial charge in [0.2, 0.25) is 5.95 Å². The highest BCUT2D eigenvalue weighted by molar-refractivity contribution is 5.80. The summed E-state index contributed by atoms with van der Waals surface area (Å²) >= 11 is 0. The van der Waals surface area contributed by atoms with Crippen LogP contribution in [0.2, 0.25) is 0 Å². The van der Waals surface area contributed by atoms with E-state index in [0.717, 1.165) is 16.8 Å². The van der Waals surface area contributed by atoms with E-state index in [4.69, 9.17) is 4.74 Å². The Balaban J connectivity index is 1.86. The molecular formula is C22H26N6O. The molecule has 150 valence electrons. The highest BCUT2D eigenvalue weighted by Crippen LogP contribution is 2.22. The van der Waals surface area contributed by atoms with Crippen LogP contribution in [-0.4, -0.2) is 48.5 Å². The smallest absolute Gasteiger partial charge is 0.227 e. The quantitative estimate of drug-likeness (QED) is 0.467. The first-order valence-electron chi connectivity index (χ1n) is 9.42. The predicted octanol–water partition coefficient (Wildman–Crippen LogP) is 3.68. The Bertz CT molecular complexity index is 974. The molecule has 7 nitrogen and oxygen atoms in total. The highest BCUT2D eigenvalue weighted by atomic mass is 16.5. The van der Waals surface area contributed by atoms with Gasteiger partial charge in [0.05, 0.1) is 18.5 Å². The first-order chi connectivity index (χ1) is 14.1. The van der Waals surface area contributed by atoms with Crippen LogP contribution in [-0.2, 0) is 4.74 Å². The summed E-state index contributed by atoms with van der Waals surface area (Å²) in [5, 5.41) is 4.36. The lowest BCUT2D eigenvalue weighted by molar-refractivity contribution is 0.206. The topological polar surface area (TPSA) is 75.5 Å². The number of methoxy groups -OCH3 is 1. The largest absolute Gasteiger partial charge is 0.383 e. The number of aryl methyl sites for hydroxylation is 2. The van der Waals surface area contributed by atoms with E-state index in [9.17, 15) is 0 Å². The number of likely N-dealkylation sites (N-methyl/N-ethyl adjacent to an activating group) is 1. The Morgan fingerprint density at radius 2 is 1.86 bits per heavy atom. The number of hydrogen-bond acceptors (Lipinski definition) is 7. The first-order valence-corrected chi connectivity index (χ1v) is 9.42. The third kappa shape index (κ3) is 5.58. The number of ether oxygens (including phenoxy) is 1. The Morgan fingerprint density at radius 3 is 2.59 bits per heavy atom. The molecule has 0 spiro atoms. The average Bonchev–Trinajstić information content (AvgIpc) is 2.75. The molecule has 0 saturated carbocycles. The summed E-state index contributed by atoms with van der Waals surface area (Å²) in [5.41, 5.74) is 8.32. The van der Waals surface area contributed by atoms with Gasteiger partial charge >= 0.3 is 0 Å². The van der Waals surface area contributed by atoms with E-state index in [2.05, 4.69) is 51.5 Å². The van der Waals surface area contributed by atoms with Gasteiger partial charge in [0.1, 0.15) is 0 Å². The van der Waals surface area contributed by atoms with E-state index in [1.54, 1.807) is 25.7 Å². The SMILES string of the molecule is COCCN(C)c1nc(N/N=C/c2ccc(C)c(C)c2)cc(-c2ccncc2)n1. The van der Waals surface area contributed by atoms with Gasteiger partial charge < -0.3 is 9.64 Å². The fourth-order valence-corrected chi connectivity index (χ4v) is 2.68. The van der Waals surface area contributed by atoms with Crippen molar-refractivity contribution in [2.45, 2.75) is 13.8 Å². The van der Waals surface area contributed by atoms with Crippen molar-refractivity contribution < 1.29 is 4.74 Å². The summed E-state index contributed by atoms with van der Waals surface area (Å²) in [5.74, 6) is 1.21. The highest BCUT2D eigenvalue weighted by Gasteiger charge is 2.10. The normalized spacial score (nSPS) is 11.0. The van der Waals surface area contributed by atoms with Gasteiger partial charge in [0.15, 0.2) is 5.82 Å². The van der Waals surface area contributed by atoms with Crippen molar-refractivity contribution in [1.29, 1.82) is 0 Å². The van der Waals surface area contributed by atoms with Crippen LogP contribution < -0.4 is 10.3 Å². The van der Waals surface area contributed by atoms with Crippen LogP contribution in [0.5, 0.6) is 0 Å². The molecular weight excluding hydrogens is 364 g/mol. The van der Waals surface area contributed by atoms with Gasteiger partial charge in [-0.2, -0.15) is 10.1 Å². The minimum absolute atomic E-state index is 0.590. The maximum Gasteiger partial charge on any atom is 0.227 e. The Hall–Kier alpha value is -3.32. The number of hydrogen-bond donors (Lipinski definition) is 1. The summed E-state index contributed by atoms with van der Waals surface area (Å²) in [4.78, 5) is 15.3. The number of nitrogens with one attached hydrogen (secondary N) is 1. The summed E-state index contributed by atoms with van der Waals surface area (Å²) in [6.07, 6.45) is 5.28. The van der Waals surface area contributed by atoms with Crippen molar-refractivity contribution in [3.05, 3.63) is 65.5 Å². The van der Waals surface area contributed by atoms with Crippen LogP contribution in [0.25, 0.3) is 11.3 Å². The molecule has 0 aliphatic rings. The zero-order valence-corrected chi connectivity index (χ0v) is 17.3. The van der Waals surface area contributed by atoms with Gasteiger partial charge in [0, 0.05) is 44.7 Å². The van der Waals surface area contributed by atoms with Gasteiger partial charge in [-0.05, 0) is 42.7 Å². The molecule has 3 aromatic rings. The minimum Gasteiger partial charge on any atom is -0.383 e. The molecule has 0 aliphatic carbocycles. The Labute approximate surface area is 171 Å². The number of pyridine rings is 1. The maximum absolute atomic E-state index is 5.17. The van der Waals surface area contributed by atoms with E-state index >= 15 is 0 Å². The second-order valence-corrected chi connectivity index (χ2v) is 6.80. The third-order valence-electron chi connectivity index (χ3n) is 4.59. The van der Waals surface area contributed by atoms with E-state index in [1.165, 1.54) is 11.1 Å². The fraction of sp³-hybridized carbons (Fsp3) is 0.273. The van der Waals surface area contributed by atoms with Crippen LogP contribution in [0.3, 0.4) is 0 Å². The molecule has 2 aromatic heterocycles. The lowest BCUT2D eigenvalue weighted by atomic mass is 10.1. The van der Waals surface area contributed by atoms with Crippen LogP contribution >= 0.6 is 0 Å². The van der Waals surface area contributed by atoms with E-state index < -0.39 is 0 Å². The van der Waals surface area contributed by atoms with Gasteiger partial charge in [-0.1, -0.05) is 18.2 Å². The fourth-order valence-electron chi connectivity index (χ4n) is 2.68. The van der Waals surface area contributed by atoms with Gasteiger partial charge in [-0.15, -0.1) is 0 Å². The monoisotopic (exact) mass is 390 g/mol. The second kappa shape index (κ2) is 9.75. The summed E-state index contributed by atoms with van der Waals surface area (Å²) in [7, 11) is 3.61. The molecule has 1 aromatic carbocycles. The molecule has 0 radical (unpaired) electrons. The van der Waals surface area contributed by atoms with Crippen LogP contribution in [0, 0.1) is 13.8 Å². The van der Waals surface area contributed by atoms with Crippen molar-refractivity contribution in [1.82, 2.24) is 15.0 Å². The molecule has 0 bridgehead atoms. The zero-order valence-electron chi connectivity index (χ0n) is 17.3. The molecule has 2 heterocycles. The van der Waals surface area contributed by atoms with E-state index in [1.807, 2.05) is 36.2 Å². The van der Waals surface area contributed by atoms with Gasteiger partial charge in [0.25, 0.3) is 0 Å². The Kier molecular flexibility index (Phi) is 6.86. The van der Waals surface area contributed by atoms with Crippen molar-refractivity contribution in [2.75, 3.05) is 37.6 Å². The van der Waals surface area contributed by atoms with Gasteiger partial charge in [-0.3, -0.25) is 10.4 Å². The molecule has 1 N–H and O–H groups in total. The summed E-state index contributed by atoms with van der Waals surface area (Å²) in [6, 6.07) is 12.0. The lowest BCUT2D eigenvalue weighted by Crippen LogP contribution is -2.24. The standard InChI is InChI=1S/C22H26N6O/c1-16-5-6-18(13-17(16)2)15-24-27-21-14-20(19-7-9-23-10-8-19)25-22(26-21)28(3)11-12-29-4/h5-10,13-15H,11-12H2,1-4H3,(H,25,26,27)/b24-15+. The first kappa shape index (κ1) is 20.4. The third-order valence-corrected chi connectivity index (χ3v) is 4.59. The van der Waals surface area contributed by atoms with Crippen molar-refractivity contribution in [3.8, 4) is 11.3 Å². The number of aromatic nitrogens is 3. The van der Waals surface area contributed by atoms with Crippen LogP contribution in [0.15, 0.2) is 53.9 Å². The van der Waals surface area contributed by atoms with Crippen LogP contribution in [0.4, 0.5) is 11.8 Å². The second-order valence-electron chi connectivity index (χ2n) is 6.80.